The number of carbonyl (C=O) groups excluding carboxylic acids is 2. The molecule has 6 nitrogen and oxygen atoms in total. The number of hydrogen-bond acceptors (Lipinski definition) is 5. The van der Waals surface area contributed by atoms with Crippen molar-refractivity contribution in [1.29, 1.82) is 0 Å². The number of ether oxygens (including phenoxy) is 1. The van der Waals surface area contributed by atoms with Crippen molar-refractivity contribution in [3.8, 4) is 0 Å². The molecule has 25 heavy (non-hydrogen) atoms. The Kier molecular flexibility index (Phi) is 6.45. The fourth-order valence-electron chi connectivity index (χ4n) is 3.57. The van der Waals surface area contributed by atoms with Gasteiger partial charge in [0.2, 0.25) is 11.8 Å². The van der Waals surface area contributed by atoms with Gasteiger partial charge in [-0.15, -0.1) is 0 Å². The number of rotatable bonds is 7. The van der Waals surface area contributed by atoms with Gasteiger partial charge in [-0.1, -0.05) is 0 Å². The van der Waals surface area contributed by atoms with Crippen LogP contribution in [0.15, 0.2) is 16.8 Å². The Morgan fingerprint density at radius 3 is 2.72 bits per heavy atom. The number of likely N-dealkylation sites (tertiary alicyclic amines) is 1. The summed E-state index contributed by atoms with van der Waals surface area (Å²) >= 11 is 1.68. The molecule has 1 unspecified atom stereocenters. The SMILES string of the molecule is COC1CN(Cc2ccsc2)CC(=O)N(CCCN2CCCC2=O)C1. The fraction of sp³-hybridized carbons (Fsp3) is 0.667. The predicted octanol–water partition coefficient (Wildman–Crippen LogP) is 1.42. The number of thiophene rings is 1. The van der Waals surface area contributed by atoms with E-state index in [9.17, 15) is 9.59 Å². The maximum absolute atomic E-state index is 12.7. The maximum Gasteiger partial charge on any atom is 0.236 e. The summed E-state index contributed by atoms with van der Waals surface area (Å²) in [5, 5.41) is 4.19. The molecule has 3 rings (SSSR count). The fourth-order valence-corrected chi connectivity index (χ4v) is 4.23. The van der Waals surface area contributed by atoms with Crippen molar-refractivity contribution in [2.45, 2.75) is 31.9 Å². The van der Waals surface area contributed by atoms with Gasteiger partial charge in [-0.2, -0.15) is 11.3 Å². The van der Waals surface area contributed by atoms with Crippen LogP contribution in [0.4, 0.5) is 0 Å². The van der Waals surface area contributed by atoms with E-state index in [1.54, 1.807) is 18.4 Å². The lowest BCUT2D eigenvalue weighted by atomic mass is 10.2. The monoisotopic (exact) mass is 365 g/mol. The molecule has 2 fully saturated rings. The van der Waals surface area contributed by atoms with Crippen LogP contribution in [0.5, 0.6) is 0 Å². The highest BCUT2D eigenvalue weighted by atomic mass is 32.1. The van der Waals surface area contributed by atoms with Gasteiger partial charge in [-0.25, -0.2) is 0 Å². The zero-order chi connectivity index (χ0) is 17.6. The molecule has 2 aliphatic heterocycles. The highest BCUT2D eigenvalue weighted by Gasteiger charge is 2.28. The summed E-state index contributed by atoms with van der Waals surface area (Å²) in [5.74, 6) is 0.404. The van der Waals surface area contributed by atoms with Crippen molar-refractivity contribution in [3.05, 3.63) is 22.4 Å². The van der Waals surface area contributed by atoms with Gasteiger partial charge in [0.15, 0.2) is 0 Å². The summed E-state index contributed by atoms with van der Waals surface area (Å²) in [4.78, 5) is 30.3. The molecule has 0 bridgehead atoms. The van der Waals surface area contributed by atoms with Crippen molar-refractivity contribution in [2.75, 3.05) is 46.4 Å². The third-order valence-corrected chi connectivity index (χ3v) is 5.68. The van der Waals surface area contributed by atoms with E-state index in [0.29, 0.717) is 26.1 Å². The molecule has 7 heteroatoms. The molecule has 3 heterocycles. The molecule has 0 spiro atoms. The van der Waals surface area contributed by atoms with E-state index < -0.39 is 0 Å². The summed E-state index contributed by atoms with van der Waals surface area (Å²) in [6, 6.07) is 2.10. The molecule has 0 N–H and O–H groups in total. The highest BCUT2D eigenvalue weighted by molar-refractivity contribution is 7.07. The van der Waals surface area contributed by atoms with Crippen LogP contribution < -0.4 is 0 Å². The maximum atomic E-state index is 12.7. The van der Waals surface area contributed by atoms with Gasteiger partial charge in [0.05, 0.1) is 12.6 Å². The van der Waals surface area contributed by atoms with Crippen LogP contribution in [-0.2, 0) is 20.9 Å². The molecule has 0 saturated carbocycles. The van der Waals surface area contributed by atoms with Crippen LogP contribution in [0.1, 0.15) is 24.8 Å². The van der Waals surface area contributed by atoms with E-state index in [1.807, 2.05) is 9.80 Å². The van der Waals surface area contributed by atoms with Crippen molar-refractivity contribution in [1.82, 2.24) is 14.7 Å². The van der Waals surface area contributed by atoms with E-state index in [2.05, 4.69) is 21.7 Å². The Labute approximate surface area is 153 Å². The minimum absolute atomic E-state index is 0.0264. The minimum atomic E-state index is 0.0264. The molecule has 2 aliphatic rings. The second-order valence-corrected chi connectivity index (χ2v) is 7.62. The molecule has 2 amide bonds. The lowest BCUT2D eigenvalue weighted by Gasteiger charge is -2.24. The predicted molar refractivity (Wildman–Crippen MR) is 97.4 cm³/mol. The van der Waals surface area contributed by atoms with Crippen LogP contribution in [-0.4, -0.2) is 79.0 Å². The first kappa shape index (κ1) is 18.4. The first-order valence-corrected chi connectivity index (χ1v) is 9.92. The van der Waals surface area contributed by atoms with Crippen LogP contribution in [0.3, 0.4) is 0 Å². The minimum Gasteiger partial charge on any atom is -0.378 e. The van der Waals surface area contributed by atoms with E-state index in [4.69, 9.17) is 4.74 Å². The van der Waals surface area contributed by atoms with Crippen LogP contribution in [0.2, 0.25) is 0 Å². The molecule has 0 aliphatic carbocycles. The van der Waals surface area contributed by atoms with Crippen molar-refractivity contribution in [2.24, 2.45) is 0 Å². The quantitative estimate of drug-likeness (QED) is 0.733. The highest BCUT2D eigenvalue weighted by Crippen LogP contribution is 2.15. The number of hydrogen-bond donors (Lipinski definition) is 0. The number of nitrogens with zero attached hydrogens (tertiary/aromatic N) is 3. The van der Waals surface area contributed by atoms with E-state index in [1.165, 1.54) is 5.56 Å². The molecule has 1 aromatic heterocycles. The second-order valence-electron chi connectivity index (χ2n) is 6.84. The average molecular weight is 365 g/mol. The van der Waals surface area contributed by atoms with Crippen LogP contribution >= 0.6 is 11.3 Å². The largest absolute Gasteiger partial charge is 0.378 e. The summed E-state index contributed by atoms with van der Waals surface area (Å²) in [5.41, 5.74) is 1.24. The Balaban J connectivity index is 1.53. The van der Waals surface area contributed by atoms with Gasteiger partial charge < -0.3 is 14.5 Å². The molecule has 2 saturated heterocycles. The first-order valence-electron chi connectivity index (χ1n) is 8.97. The summed E-state index contributed by atoms with van der Waals surface area (Å²) in [7, 11) is 1.71. The topological polar surface area (TPSA) is 53.1 Å². The molecule has 138 valence electrons. The van der Waals surface area contributed by atoms with Gasteiger partial charge in [-0.3, -0.25) is 14.5 Å². The van der Waals surface area contributed by atoms with Crippen molar-refractivity contribution in [3.63, 3.8) is 0 Å². The molecule has 0 radical (unpaired) electrons. The number of amides is 2. The van der Waals surface area contributed by atoms with E-state index >= 15 is 0 Å². The second kappa shape index (κ2) is 8.78. The normalized spacial score (nSPS) is 22.7. The lowest BCUT2D eigenvalue weighted by molar-refractivity contribution is -0.131. The van der Waals surface area contributed by atoms with Crippen molar-refractivity contribution >= 4 is 23.2 Å². The molecule has 1 aromatic rings. The molecular weight excluding hydrogens is 338 g/mol. The standard InChI is InChI=1S/C18H27N3O3S/c1-24-16-11-19(10-15-5-9-25-14-15)13-18(23)21(12-16)8-3-7-20-6-2-4-17(20)22/h5,9,14,16H,2-4,6-8,10-13H2,1H3. The zero-order valence-corrected chi connectivity index (χ0v) is 15.7. The number of carbonyl (C=O) groups is 2. The first-order chi connectivity index (χ1) is 12.2. The van der Waals surface area contributed by atoms with E-state index in [-0.39, 0.29) is 17.9 Å². The van der Waals surface area contributed by atoms with E-state index in [0.717, 1.165) is 39.0 Å². The van der Waals surface area contributed by atoms with Crippen molar-refractivity contribution < 1.29 is 14.3 Å². The molecular formula is C18H27N3O3S. The molecule has 0 aromatic carbocycles. The number of methoxy groups -OCH3 is 1. The molecule has 1 atom stereocenters. The third kappa shape index (κ3) is 5.03. The van der Waals surface area contributed by atoms with Gasteiger partial charge in [0, 0.05) is 52.8 Å². The zero-order valence-electron chi connectivity index (χ0n) is 14.9. The summed E-state index contributed by atoms with van der Waals surface area (Å²) in [6.45, 7) is 4.90. The summed E-state index contributed by atoms with van der Waals surface area (Å²) in [6.07, 6.45) is 2.49. The Morgan fingerprint density at radius 1 is 1.20 bits per heavy atom. The summed E-state index contributed by atoms with van der Waals surface area (Å²) < 4.78 is 5.60. The van der Waals surface area contributed by atoms with Gasteiger partial charge >= 0.3 is 0 Å². The Bertz CT molecular complexity index is 578. The van der Waals surface area contributed by atoms with Gasteiger partial charge in [0.1, 0.15) is 0 Å². The lowest BCUT2D eigenvalue weighted by Crippen LogP contribution is -2.39. The van der Waals surface area contributed by atoms with Gasteiger partial charge in [0.25, 0.3) is 0 Å². The Hall–Kier alpha value is -1.44. The third-order valence-electron chi connectivity index (χ3n) is 4.94. The average Bonchev–Trinajstić information content (AvgIpc) is 3.21. The van der Waals surface area contributed by atoms with Gasteiger partial charge in [-0.05, 0) is 35.2 Å². The Morgan fingerprint density at radius 2 is 2.04 bits per heavy atom. The van der Waals surface area contributed by atoms with Crippen LogP contribution in [0.25, 0.3) is 0 Å². The van der Waals surface area contributed by atoms with Crippen LogP contribution in [0, 0.1) is 0 Å². The smallest absolute Gasteiger partial charge is 0.236 e.